The summed E-state index contributed by atoms with van der Waals surface area (Å²) in [6.07, 6.45) is 2.31. The predicted octanol–water partition coefficient (Wildman–Crippen LogP) is 2.24. The summed E-state index contributed by atoms with van der Waals surface area (Å²) in [5.41, 5.74) is 0.958. The van der Waals surface area contributed by atoms with Gasteiger partial charge in [0.1, 0.15) is 5.75 Å². The van der Waals surface area contributed by atoms with Crippen LogP contribution < -0.4 is 4.74 Å². The van der Waals surface area contributed by atoms with Crippen molar-refractivity contribution < 1.29 is 8.95 Å². The minimum atomic E-state index is -1.07. The Hall–Kier alpha value is -1.76. The number of hydrogen-bond acceptors (Lipinski definition) is 5. The van der Waals surface area contributed by atoms with Crippen LogP contribution in [0.3, 0.4) is 0 Å². The third-order valence-corrected chi connectivity index (χ3v) is 4.61. The molecule has 1 saturated carbocycles. The first-order valence-corrected chi connectivity index (χ1v) is 8.98. The fraction of sp³-hybridized carbons (Fsp3) is 0.533. The average Bonchev–Trinajstić information content (AvgIpc) is 3.21. The first-order valence-electron chi connectivity index (χ1n) is 7.49. The van der Waals surface area contributed by atoms with Crippen LogP contribution in [0.5, 0.6) is 5.75 Å². The first-order chi connectivity index (χ1) is 10.6. The Kier molecular flexibility index (Phi) is 4.52. The van der Waals surface area contributed by atoms with E-state index in [-0.39, 0.29) is 6.10 Å². The molecule has 0 bridgehead atoms. The van der Waals surface area contributed by atoms with E-state index in [9.17, 15) is 4.21 Å². The maximum Gasteiger partial charge on any atom is 0.164 e. The summed E-state index contributed by atoms with van der Waals surface area (Å²) >= 11 is 0. The van der Waals surface area contributed by atoms with Gasteiger partial charge < -0.3 is 4.74 Å². The SMILES string of the molecule is CC(C)Oc1ccccc1C[S@](=O)Cc1nnnn1C1CC1. The Labute approximate surface area is 132 Å². The summed E-state index contributed by atoms with van der Waals surface area (Å²) in [5.74, 6) is 2.33. The molecule has 0 saturated heterocycles. The van der Waals surface area contributed by atoms with Crippen molar-refractivity contribution in [1.82, 2.24) is 20.2 Å². The quantitative estimate of drug-likeness (QED) is 0.782. The number of para-hydroxylation sites is 1. The molecule has 1 aromatic carbocycles. The Morgan fingerprint density at radius 2 is 2.09 bits per heavy atom. The topological polar surface area (TPSA) is 69.9 Å². The van der Waals surface area contributed by atoms with Crippen LogP contribution in [0.2, 0.25) is 0 Å². The third kappa shape index (κ3) is 3.71. The van der Waals surface area contributed by atoms with Crippen molar-refractivity contribution >= 4 is 10.8 Å². The van der Waals surface area contributed by atoms with Gasteiger partial charge in [-0.3, -0.25) is 4.21 Å². The molecule has 0 radical (unpaired) electrons. The number of rotatable bonds is 7. The number of nitrogens with zero attached hydrogens (tertiary/aromatic N) is 4. The van der Waals surface area contributed by atoms with Crippen molar-refractivity contribution in [2.45, 2.75) is 50.3 Å². The van der Waals surface area contributed by atoms with E-state index in [0.717, 1.165) is 24.2 Å². The summed E-state index contributed by atoms with van der Waals surface area (Å²) < 4.78 is 20.0. The molecule has 1 aromatic heterocycles. The van der Waals surface area contributed by atoms with E-state index >= 15 is 0 Å². The lowest BCUT2D eigenvalue weighted by atomic mass is 10.2. The third-order valence-electron chi connectivity index (χ3n) is 3.40. The van der Waals surface area contributed by atoms with Gasteiger partial charge in [0, 0.05) is 16.4 Å². The van der Waals surface area contributed by atoms with Gasteiger partial charge >= 0.3 is 0 Å². The molecule has 1 aliphatic rings. The Balaban J connectivity index is 1.68. The molecule has 1 aliphatic carbocycles. The van der Waals surface area contributed by atoms with Crippen molar-refractivity contribution in [3.05, 3.63) is 35.7 Å². The molecule has 1 atom stereocenters. The van der Waals surface area contributed by atoms with Crippen molar-refractivity contribution in [2.24, 2.45) is 0 Å². The zero-order valence-electron chi connectivity index (χ0n) is 12.8. The molecular weight excluding hydrogens is 300 g/mol. The largest absolute Gasteiger partial charge is 0.491 e. The summed E-state index contributed by atoms with van der Waals surface area (Å²) in [4.78, 5) is 0. The minimum absolute atomic E-state index is 0.0942. The predicted molar refractivity (Wildman–Crippen MR) is 83.8 cm³/mol. The highest BCUT2D eigenvalue weighted by Gasteiger charge is 2.28. The molecule has 118 valence electrons. The normalized spacial score (nSPS) is 16.0. The zero-order valence-corrected chi connectivity index (χ0v) is 13.6. The van der Waals surface area contributed by atoms with Gasteiger partial charge in [-0.25, -0.2) is 4.68 Å². The minimum Gasteiger partial charge on any atom is -0.491 e. The van der Waals surface area contributed by atoms with Crippen molar-refractivity contribution in [3.63, 3.8) is 0 Å². The maximum absolute atomic E-state index is 12.5. The number of tetrazole rings is 1. The Morgan fingerprint density at radius 1 is 1.32 bits per heavy atom. The van der Waals surface area contributed by atoms with E-state index in [4.69, 9.17) is 4.74 Å². The summed E-state index contributed by atoms with van der Waals surface area (Å²) in [6.45, 7) is 3.97. The van der Waals surface area contributed by atoms with Gasteiger partial charge in [0.2, 0.25) is 0 Å². The summed E-state index contributed by atoms with van der Waals surface area (Å²) in [7, 11) is -1.07. The lowest BCUT2D eigenvalue weighted by Crippen LogP contribution is -2.10. The molecule has 6 nitrogen and oxygen atoms in total. The van der Waals surface area contributed by atoms with Crippen LogP contribution in [-0.2, 0) is 22.3 Å². The molecule has 1 fully saturated rings. The highest BCUT2D eigenvalue weighted by atomic mass is 32.2. The van der Waals surface area contributed by atoms with Gasteiger partial charge in [-0.15, -0.1) is 5.10 Å². The van der Waals surface area contributed by atoms with Gasteiger partial charge in [-0.1, -0.05) is 18.2 Å². The fourth-order valence-corrected chi connectivity index (χ4v) is 3.44. The molecule has 1 heterocycles. The molecule has 2 aromatic rings. The number of ether oxygens (including phenoxy) is 1. The monoisotopic (exact) mass is 320 g/mol. The van der Waals surface area contributed by atoms with Gasteiger partial charge in [0.15, 0.2) is 5.82 Å². The lowest BCUT2D eigenvalue weighted by molar-refractivity contribution is 0.240. The zero-order chi connectivity index (χ0) is 15.5. The second kappa shape index (κ2) is 6.56. The van der Waals surface area contributed by atoms with Crippen LogP contribution in [-0.4, -0.2) is 30.5 Å². The van der Waals surface area contributed by atoms with Crippen LogP contribution in [0.1, 0.15) is 44.1 Å². The maximum atomic E-state index is 12.5. The molecule has 0 aliphatic heterocycles. The van der Waals surface area contributed by atoms with Crippen molar-refractivity contribution in [1.29, 1.82) is 0 Å². The van der Waals surface area contributed by atoms with Crippen molar-refractivity contribution in [2.75, 3.05) is 0 Å². The van der Waals surface area contributed by atoms with E-state index < -0.39 is 10.8 Å². The van der Waals surface area contributed by atoms with Gasteiger partial charge in [-0.2, -0.15) is 0 Å². The highest BCUT2D eigenvalue weighted by Crippen LogP contribution is 2.34. The van der Waals surface area contributed by atoms with E-state index in [1.54, 1.807) is 0 Å². The second-order valence-corrected chi connectivity index (χ2v) is 7.23. The Morgan fingerprint density at radius 3 is 2.82 bits per heavy atom. The molecule has 0 amide bonds. The number of hydrogen-bond donors (Lipinski definition) is 0. The van der Waals surface area contributed by atoms with Gasteiger partial charge in [-0.05, 0) is 43.2 Å². The van der Waals surface area contributed by atoms with Crippen LogP contribution in [0, 0.1) is 0 Å². The second-order valence-electron chi connectivity index (χ2n) is 5.77. The van der Waals surface area contributed by atoms with Crippen LogP contribution in [0.4, 0.5) is 0 Å². The molecule has 0 unspecified atom stereocenters. The Bertz CT molecular complexity index is 667. The van der Waals surface area contributed by atoms with Crippen LogP contribution in [0.15, 0.2) is 24.3 Å². The first kappa shape index (κ1) is 15.1. The fourth-order valence-electron chi connectivity index (χ4n) is 2.27. The smallest absolute Gasteiger partial charge is 0.164 e. The van der Waals surface area contributed by atoms with E-state index in [1.807, 2.05) is 42.8 Å². The summed E-state index contributed by atoms with van der Waals surface area (Å²) in [6, 6.07) is 8.14. The van der Waals surface area contributed by atoms with Gasteiger partial charge in [0.25, 0.3) is 0 Å². The van der Waals surface area contributed by atoms with E-state index in [0.29, 0.717) is 23.4 Å². The molecule has 0 N–H and O–H groups in total. The lowest BCUT2D eigenvalue weighted by Gasteiger charge is -2.13. The standard InChI is InChI=1S/C15H20N4O2S/c1-11(2)21-14-6-4-3-5-12(14)9-22(20)10-15-16-17-18-19(15)13-7-8-13/h3-6,11,13H,7-10H2,1-2H3/t22-/m0/s1. The number of benzene rings is 1. The highest BCUT2D eigenvalue weighted by molar-refractivity contribution is 7.83. The van der Waals surface area contributed by atoms with Crippen LogP contribution in [0.25, 0.3) is 0 Å². The molecular formula is C15H20N4O2S. The summed E-state index contributed by atoms with van der Waals surface area (Å²) in [5, 5.41) is 11.7. The average molecular weight is 320 g/mol. The van der Waals surface area contributed by atoms with Crippen molar-refractivity contribution in [3.8, 4) is 5.75 Å². The molecule has 7 heteroatoms. The van der Waals surface area contributed by atoms with E-state index in [1.165, 1.54) is 0 Å². The molecule has 0 spiro atoms. The van der Waals surface area contributed by atoms with Crippen LogP contribution >= 0.6 is 0 Å². The van der Waals surface area contributed by atoms with E-state index in [2.05, 4.69) is 15.5 Å². The molecule has 22 heavy (non-hydrogen) atoms. The van der Waals surface area contributed by atoms with Gasteiger partial charge in [0.05, 0.1) is 23.7 Å². The number of aromatic nitrogens is 4. The molecule has 3 rings (SSSR count).